The van der Waals surface area contributed by atoms with Crippen LogP contribution in [0.2, 0.25) is 0 Å². The van der Waals surface area contributed by atoms with Gasteiger partial charge in [0.05, 0.1) is 16.7 Å². The van der Waals surface area contributed by atoms with Gasteiger partial charge in [0.1, 0.15) is 5.82 Å². The topological polar surface area (TPSA) is 30.7 Å². The molecule has 9 rings (SSSR count). The van der Waals surface area contributed by atoms with Crippen LogP contribution in [0.4, 0.5) is 4.39 Å². The molecular formula is C42H26FN3S. The van der Waals surface area contributed by atoms with E-state index in [0.717, 1.165) is 81.7 Å². The molecule has 0 N–H and O–H groups in total. The first-order valence-corrected chi connectivity index (χ1v) is 16.3. The van der Waals surface area contributed by atoms with Gasteiger partial charge in [-0.15, -0.1) is 11.3 Å². The lowest BCUT2D eigenvalue weighted by Gasteiger charge is -2.17. The molecule has 9 aromatic rings. The van der Waals surface area contributed by atoms with Gasteiger partial charge in [-0.25, -0.2) is 9.97 Å². The summed E-state index contributed by atoms with van der Waals surface area (Å²) in [7, 11) is 0. The molecule has 5 heteroatoms. The molecule has 47 heavy (non-hydrogen) atoms. The second kappa shape index (κ2) is 11.2. The maximum atomic E-state index is 14.5. The minimum atomic E-state index is -0.481. The zero-order valence-electron chi connectivity index (χ0n) is 25.1. The zero-order valence-corrected chi connectivity index (χ0v) is 26.0. The van der Waals surface area contributed by atoms with Gasteiger partial charge in [-0.05, 0) is 58.1 Å². The number of hydrogen-bond acceptors (Lipinski definition) is 3. The lowest BCUT2D eigenvalue weighted by atomic mass is 9.96. The molecule has 3 aromatic heterocycles. The first-order chi connectivity index (χ1) is 23.2. The first kappa shape index (κ1) is 27.4. The molecule has 0 unspecified atom stereocenters. The molecule has 0 saturated carbocycles. The molecule has 0 radical (unpaired) electrons. The van der Waals surface area contributed by atoms with Gasteiger partial charge in [-0.2, -0.15) is 4.39 Å². The number of pyridine rings is 1. The average molecular weight is 624 g/mol. The van der Waals surface area contributed by atoms with Crippen LogP contribution in [0.3, 0.4) is 0 Å². The van der Waals surface area contributed by atoms with Crippen LogP contribution < -0.4 is 0 Å². The summed E-state index contributed by atoms with van der Waals surface area (Å²) in [6.45, 7) is 0. The molecule has 0 aliphatic rings. The Morgan fingerprint density at radius 3 is 1.94 bits per heavy atom. The fraction of sp³-hybridized carbons (Fsp3) is 0. The van der Waals surface area contributed by atoms with Crippen LogP contribution >= 0.6 is 11.3 Å². The van der Waals surface area contributed by atoms with E-state index in [0.29, 0.717) is 0 Å². The van der Waals surface area contributed by atoms with Crippen molar-refractivity contribution in [2.75, 3.05) is 0 Å². The van der Waals surface area contributed by atoms with Crippen LogP contribution in [0.5, 0.6) is 0 Å². The quantitative estimate of drug-likeness (QED) is 0.179. The summed E-state index contributed by atoms with van der Waals surface area (Å²) in [4.78, 5) is 9.36. The summed E-state index contributed by atoms with van der Waals surface area (Å²) in [5.41, 5.74) is 10.7. The normalized spacial score (nSPS) is 11.5. The minimum Gasteiger partial charge on any atom is -0.292 e. The Bertz CT molecular complexity index is 2570. The van der Waals surface area contributed by atoms with Crippen molar-refractivity contribution in [1.29, 1.82) is 0 Å². The third-order valence-corrected chi connectivity index (χ3v) is 9.97. The molecule has 6 aromatic carbocycles. The summed E-state index contributed by atoms with van der Waals surface area (Å²) in [6, 6.07) is 52.2. The van der Waals surface area contributed by atoms with Crippen LogP contribution in [-0.4, -0.2) is 14.5 Å². The Morgan fingerprint density at radius 1 is 0.553 bits per heavy atom. The summed E-state index contributed by atoms with van der Waals surface area (Å²) in [5.74, 6) is 0.352. The van der Waals surface area contributed by atoms with Crippen LogP contribution in [0, 0.1) is 5.95 Å². The third-order valence-electron chi connectivity index (χ3n) is 8.79. The highest BCUT2D eigenvalue weighted by Gasteiger charge is 2.23. The number of nitrogens with zero attached hydrogens (tertiary/aromatic N) is 3. The largest absolute Gasteiger partial charge is 0.292 e. The van der Waals surface area contributed by atoms with Gasteiger partial charge >= 0.3 is 0 Å². The number of hydrogen-bond donors (Lipinski definition) is 0. The standard InChI is InChI=1S/C42H26FN3S/c43-39-25-38-34(26-44-39)40-31(28-14-6-2-7-15-28)21-22-32(41(40)47-38)42-45-35-18-10-11-19-37(35)46(42)36-23-20-30(27-12-4-1-5-13-27)24-33(36)29-16-8-3-9-17-29/h1-26H. The van der Waals surface area contributed by atoms with Crippen LogP contribution in [-0.2, 0) is 0 Å². The number of aromatic nitrogens is 3. The number of imidazole rings is 1. The van der Waals surface area contributed by atoms with Crippen molar-refractivity contribution in [1.82, 2.24) is 14.5 Å². The van der Waals surface area contributed by atoms with E-state index in [-0.39, 0.29) is 0 Å². The smallest absolute Gasteiger partial charge is 0.214 e. The second-order valence-corrected chi connectivity index (χ2v) is 12.6. The molecule has 0 aliphatic carbocycles. The van der Waals surface area contributed by atoms with Crippen molar-refractivity contribution in [3.05, 3.63) is 164 Å². The molecule has 0 fully saturated rings. The summed E-state index contributed by atoms with van der Waals surface area (Å²) < 4.78 is 18.7. The van der Waals surface area contributed by atoms with Crippen LogP contribution in [0.25, 0.3) is 81.7 Å². The van der Waals surface area contributed by atoms with E-state index in [1.54, 1.807) is 17.5 Å². The molecule has 0 atom stereocenters. The number of thiophene rings is 1. The van der Waals surface area contributed by atoms with Gasteiger partial charge in [-0.1, -0.05) is 115 Å². The SMILES string of the molecule is Fc1cc2sc3c(-c4nc5ccccc5n4-c4ccc(-c5ccccc5)cc4-c4ccccc4)ccc(-c4ccccc4)c3c2cn1. The molecule has 3 nitrogen and oxygen atoms in total. The van der Waals surface area contributed by atoms with E-state index >= 15 is 0 Å². The number of halogens is 1. The molecule has 0 spiro atoms. The van der Waals surface area contributed by atoms with Gasteiger partial charge in [0.2, 0.25) is 5.95 Å². The predicted octanol–water partition coefficient (Wildman–Crippen LogP) is 11.6. The average Bonchev–Trinajstić information content (AvgIpc) is 3.71. The maximum Gasteiger partial charge on any atom is 0.214 e. The Morgan fingerprint density at radius 2 is 1.19 bits per heavy atom. The Kier molecular flexibility index (Phi) is 6.51. The van der Waals surface area contributed by atoms with Crippen molar-refractivity contribution < 1.29 is 4.39 Å². The molecule has 0 bridgehead atoms. The Balaban J connectivity index is 1.36. The molecule has 0 aliphatic heterocycles. The Labute approximate surface area is 274 Å². The van der Waals surface area contributed by atoms with Crippen LogP contribution in [0.15, 0.2) is 158 Å². The van der Waals surface area contributed by atoms with E-state index in [9.17, 15) is 4.39 Å². The van der Waals surface area contributed by atoms with E-state index in [4.69, 9.17) is 4.98 Å². The van der Waals surface area contributed by atoms with Gasteiger partial charge in [0.15, 0.2) is 0 Å². The molecule has 0 amide bonds. The highest BCUT2D eigenvalue weighted by atomic mass is 32.1. The fourth-order valence-corrected chi connectivity index (χ4v) is 7.86. The third kappa shape index (κ3) is 4.63. The number of fused-ring (bicyclic) bond motifs is 4. The highest BCUT2D eigenvalue weighted by Crippen LogP contribution is 2.46. The molecule has 0 saturated heterocycles. The highest BCUT2D eigenvalue weighted by molar-refractivity contribution is 7.26. The van der Waals surface area contributed by atoms with Crippen molar-refractivity contribution in [3.8, 4) is 50.5 Å². The predicted molar refractivity (Wildman–Crippen MR) is 193 cm³/mol. The molecule has 222 valence electrons. The van der Waals surface area contributed by atoms with Gasteiger partial charge in [0.25, 0.3) is 0 Å². The van der Waals surface area contributed by atoms with Crippen molar-refractivity contribution in [2.45, 2.75) is 0 Å². The summed E-state index contributed by atoms with van der Waals surface area (Å²) in [6.07, 6.45) is 1.67. The number of benzene rings is 6. The molecule has 3 heterocycles. The van der Waals surface area contributed by atoms with Crippen LogP contribution in [0.1, 0.15) is 0 Å². The van der Waals surface area contributed by atoms with E-state index in [1.807, 2.05) is 36.4 Å². The fourth-order valence-electron chi connectivity index (χ4n) is 6.63. The Hall–Kier alpha value is -5.91. The first-order valence-electron chi connectivity index (χ1n) is 15.5. The van der Waals surface area contributed by atoms with Gasteiger partial charge < -0.3 is 0 Å². The molecular weight excluding hydrogens is 598 g/mol. The van der Waals surface area contributed by atoms with Crippen molar-refractivity contribution >= 4 is 42.5 Å². The summed E-state index contributed by atoms with van der Waals surface area (Å²) >= 11 is 1.59. The lowest BCUT2D eigenvalue weighted by molar-refractivity contribution is 0.586. The van der Waals surface area contributed by atoms with E-state index in [1.165, 1.54) is 6.07 Å². The second-order valence-electron chi connectivity index (χ2n) is 11.6. The minimum absolute atomic E-state index is 0.481. The monoisotopic (exact) mass is 623 g/mol. The van der Waals surface area contributed by atoms with Crippen molar-refractivity contribution in [3.63, 3.8) is 0 Å². The number of para-hydroxylation sites is 2. The van der Waals surface area contributed by atoms with E-state index < -0.39 is 5.95 Å². The van der Waals surface area contributed by atoms with Crippen molar-refractivity contribution in [2.24, 2.45) is 0 Å². The maximum absolute atomic E-state index is 14.5. The van der Waals surface area contributed by atoms with Gasteiger partial charge in [0, 0.05) is 43.6 Å². The van der Waals surface area contributed by atoms with Gasteiger partial charge in [-0.3, -0.25) is 4.57 Å². The number of rotatable bonds is 5. The summed E-state index contributed by atoms with van der Waals surface area (Å²) in [5, 5.41) is 1.99. The van der Waals surface area contributed by atoms with E-state index in [2.05, 4.69) is 119 Å². The lowest BCUT2D eigenvalue weighted by Crippen LogP contribution is -2.01. The zero-order chi connectivity index (χ0) is 31.3.